The summed E-state index contributed by atoms with van der Waals surface area (Å²) in [4.78, 5) is 16.5. The zero-order valence-electron chi connectivity index (χ0n) is 12.4. The molecular formula is C16H12ClN5O2. The van der Waals surface area contributed by atoms with Crippen LogP contribution in [0.5, 0.6) is 5.88 Å². The van der Waals surface area contributed by atoms with Crippen molar-refractivity contribution in [2.24, 2.45) is 0 Å². The molecule has 0 saturated heterocycles. The van der Waals surface area contributed by atoms with Crippen molar-refractivity contribution in [3.63, 3.8) is 0 Å². The molecule has 1 N–H and O–H groups in total. The zero-order chi connectivity index (χ0) is 17.1. The van der Waals surface area contributed by atoms with Crippen LogP contribution in [0.2, 0.25) is 5.02 Å². The molecule has 8 heteroatoms. The Morgan fingerprint density at radius 2 is 2.25 bits per heavy atom. The van der Waals surface area contributed by atoms with Gasteiger partial charge in [-0.2, -0.15) is 9.66 Å². The van der Waals surface area contributed by atoms with Gasteiger partial charge in [0.05, 0.1) is 23.7 Å². The maximum absolute atomic E-state index is 12.6. The monoisotopic (exact) mass is 341 g/mol. The highest BCUT2D eigenvalue weighted by molar-refractivity contribution is 6.30. The maximum Gasteiger partial charge on any atom is 0.300 e. The lowest BCUT2D eigenvalue weighted by molar-refractivity contribution is -0.711. The SMILES string of the molecule is N#CCC[n+]1c([O-])c(C(=O)Nc2ccc(Cl)cn2)n2ccccc21. The van der Waals surface area contributed by atoms with Crippen LogP contribution in [0.3, 0.4) is 0 Å². The third kappa shape index (κ3) is 2.87. The minimum absolute atomic E-state index is 0.0414. The van der Waals surface area contributed by atoms with Crippen molar-refractivity contribution >= 4 is 29.0 Å². The highest BCUT2D eigenvalue weighted by atomic mass is 35.5. The number of nitrogens with zero attached hydrogens (tertiary/aromatic N) is 4. The number of nitriles is 1. The zero-order valence-corrected chi connectivity index (χ0v) is 13.2. The van der Waals surface area contributed by atoms with Gasteiger partial charge in [-0.15, -0.1) is 0 Å². The number of anilines is 1. The number of rotatable bonds is 4. The lowest BCUT2D eigenvalue weighted by Crippen LogP contribution is -2.36. The first-order valence-electron chi connectivity index (χ1n) is 7.11. The molecule has 0 spiro atoms. The van der Waals surface area contributed by atoms with E-state index in [0.29, 0.717) is 16.5 Å². The Balaban J connectivity index is 2.02. The van der Waals surface area contributed by atoms with Gasteiger partial charge in [-0.05, 0) is 18.2 Å². The van der Waals surface area contributed by atoms with Gasteiger partial charge in [-0.25, -0.2) is 9.55 Å². The Labute approximate surface area is 142 Å². The second kappa shape index (κ2) is 6.56. The van der Waals surface area contributed by atoms with Gasteiger partial charge in [-0.3, -0.25) is 4.79 Å². The molecular weight excluding hydrogens is 330 g/mol. The van der Waals surface area contributed by atoms with Crippen molar-refractivity contribution < 1.29 is 14.5 Å². The van der Waals surface area contributed by atoms with Crippen molar-refractivity contribution in [2.45, 2.75) is 13.0 Å². The molecule has 0 atom stereocenters. The van der Waals surface area contributed by atoms with Gasteiger partial charge < -0.3 is 10.4 Å². The maximum atomic E-state index is 12.6. The molecule has 0 fully saturated rings. The minimum Gasteiger partial charge on any atom is -0.839 e. The van der Waals surface area contributed by atoms with Crippen LogP contribution >= 0.6 is 11.6 Å². The second-order valence-corrected chi connectivity index (χ2v) is 5.39. The molecule has 1 amide bonds. The van der Waals surface area contributed by atoms with E-state index in [1.165, 1.54) is 15.2 Å². The summed E-state index contributed by atoms with van der Waals surface area (Å²) < 4.78 is 2.92. The van der Waals surface area contributed by atoms with Crippen molar-refractivity contribution in [1.29, 1.82) is 5.26 Å². The highest BCUT2D eigenvalue weighted by Gasteiger charge is 2.25. The number of pyridine rings is 2. The number of hydrogen-bond acceptors (Lipinski definition) is 4. The number of carbonyl (C=O) groups excluding carboxylic acids is 1. The van der Waals surface area contributed by atoms with Crippen LogP contribution in [0.4, 0.5) is 5.82 Å². The normalized spacial score (nSPS) is 10.5. The summed E-state index contributed by atoms with van der Waals surface area (Å²) in [6.07, 6.45) is 3.21. The molecule has 0 aliphatic carbocycles. The topological polar surface area (TPSA) is 97.1 Å². The van der Waals surface area contributed by atoms with Gasteiger partial charge in [0.15, 0.2) is 0 Å². The smallest absolute Gasteiger partial charge is 0.300 e. The Hall–Kier alpha value is -3.11. The molecule has 3 aromatic rings. The van der Waals surface area contributed by atoms with Crippen molar-refractivity contribution in [3.8, 4) is 11.9 Å². The van der Waals surface area contributed by atoms with E-state index in [0.717, 1.165) is 0 Å². The van der Waals surface area contributed by atoms with Crippen molar-refractivity contribution in [2.75, 3.05) is 5.32 Å². The molecule has 0 radical (unpaired) electrons. The average Bonchev–Trinajstić information content (AvgIpc) is 2.86. The van der Waals surface area contributed by atoms with Crippen molar-refractivity contribution in [1.82, 2.24) is 9.38 Å². The Bertz CT molecular complexity index is 943. The van der Waals surface area contributed by atoms with E-state index in [1.807, 2.05) is 6.07 Å². The Morgan fingerprint density at radius 3 is 2.96 bits per heavy atom. The molecule has 120 valence electrons. The van der Waals surface area contributed by atoms with Crippen LogP contribution in [-0.4, -0.2) is 15.3 Å². The fourth-order valence-corrected chi connectivity index (χ4v) is 2.50. The number of imidazole rings is 1. The predicted octanol–water partition coefficient (Wildman–Crippen LogP) is 1.51. The number of fused-ring (bicyclic) bond motifs is 1. The summed E-state index contributed by atoms with van der Waals surface area (Å²) in [6, 6.07) is 10.3. The highest BCUT2D eigenvalue weighted by Crippen LogP contribution is 2.17. The van der Waals surface area contributed by atoms with Gasteiger partial charge in [0, 0.05) is 12.3 Å². The molecule has 0 aromatic carbocycles. The summed E-state index contributed by atoms with van der Waals surface area (Å²) in [7, 11) is 0. The van der Waals surface area contributed by atoms with Gasteiger partial charge >= 0.3 is 0 Å². The van der Waals surface area contributed by atoms with Crippen LogP contribution < -0.4 is 15.0 Å². The summed E-state index contributed by atoms with van der Waals surface area (Å²) in [5.74, 6) is -0.743. The van der Waals surface area contributed by atoms with E-state index >= 15 is 0 Å². The van der Waals surface area contributed by atoms with Crippen molar-refractivity contribution in [3.05, 3.63) is 53.4 Å². The average molecular weight is 342 g/mol. The first-order valence-corrected chi connectivity index (χ1v) is 7.49. The molecule has 3 heterocycles. The standard InChI is InChI=1S/C16H12ClN5O2/c17-11-5-6-12(19-10-11)20-15(23)14-16(24)22(9-3-7-18)13-4-1-2-8-21(13)14/h1-2,4-6,8,10H,3,9H2,(H-,19,20,23,24). The third-order valence-corrected chi connectivity index (χ3v) is 3.66. The molecule has 0 saturated carbocycles. The molecule has 3 aromatic heterocycles. The van der Waals surface area contributed by atoms with Gasteiger partial charge in [0.25, 0.3) is 11.6 Å². The Kier molecular flexibility index (Phi) is 4.31. The van der Waals surface area contributed by atoms with E-state index in [2.05, 4.69) is 10.3 Å². The van der Waals surface area contributed by atoms with Crippen LogP contribution in [0.1, 0.15) is 16.9 Å². The number of carbonyl (C=O) groups is 1. The number of hydrogen-bond donors (Lipinski definition) is 1. The fourth-order valence-electron chi connectivity index (χ4n) is 2.39. The second-order valence-electron chi connectivity index (χ2n) is 4.96. The Morgan fingerprint density at radius 1 is 1.42 bits per heavy atom. The molecule has 0 aliphatic heterocycles. The first kappa shape index (κ1) is 15.8. The van der Waals surface area contributed by atoms with E-state index in [9.17, 15) is 9.90 Å². The van der Waals surface area contributed by atoms with E-state index < -0.39 is 11.8 Å². The molecule has 0 bridgehead atoms. The van der Waals surface area contributed by atoms with Gasteiger partial charge in [0.1, 0.15) is 18.2 Å². The lowest BCUT2D eigenvalue weighted by Gasteiger charge is -2.06. The van der Waals surface area contributed by atoms with Crippen LogP contribution in [-0.2, 0) is 6.54 Å². The molecule has 0 aliphatic rings. The number of aryl methyl sites for hydroxylation is 1. The summed E-state index contributed by atoms with van der Waals surface area (Å²) >= 11 is 5.76. The van der Waals surface area contributed by atoms with Gasteiger partial charge in [0.2, 0.25) is 5.69 Å². The van der Waals surface area contributed by atoms with Gasteiger partial charge in [-0.1, -0.05) is 17.7 Å². The van der Waals surface area contributed by atoms with E-state index in [-0.39, 0.29) is 18.7 Å². The minimum atomic E-state index is -0.577. The molecule has 3 rings (SSSR count). The number of amides is 1. The first-order chi connectivity index (χ1) is 11.6. The lowest BCUT2D eigenvalue weighted by atomic mass is 10.3. The third-order valence-electron chi connectivity index (χ3n) is 3.43. The quantitative estimate of drug-likeness (QED) is 0.727. The molecule has 7 nitrogen and oxygen atoms in total. The number of aromatic nitrogens is 3. The molecule has 0 unspecified atom stereocenters. The van der Waals surface area contributed by atoms with Crippen LogP contribution in [0.15, 0.2) is 42.7 Å². The number of halogens is 1. The summed E-state index contributed by atoms with van der Waals surface area (Å²) in [5.41, 5.74) is 0.507. The van der Waals surface area contributed by atoms with Crippen LogP contribution in [0, 0.1) is 11.3 Å². The largest absolute Gasteiger partial charge is 0.839 e. The van der Waals surface area contributed by atoms with E-state index in [4.69, 9.17) is 16.9 Å². The van der Waals surface area contributed by atoms with Crippen LogP contribution in [0.25, 0.3) is 5.65 Å². The number of nitrogens with one attached hydrogen (secondary N) is 1. The summed E-state index contributed by atoms with van der Waals surface area (Å²) in [5, 5.41) is 24.4. The predicted molar refractivity (Wildman–Crippen MR) is 84.5 cm³/mol. The molecule has 24 heavy (non-hydrogen) atoms. The van der Waals surface area contributed by atoms with E-state index in [1.54, 1.807) is 36.5 Å². The summed E-state index contributed by atoms with van der Waals surface area (Å²) in [6.45, 7) is 0.218. The fraction of sp³-hybridized carbons (Fsp3) is 0.125.